The number of quaternary nitrogens is 1. The Morgan fingerprint density at radius 3 is 2.45 bits per heavy atom. The van der Waals surface area contributed by atoms with E-state index >= 15 is 0 Å². The van der Waals surface area contributed by atoms with Crippen molar-refractivity contribution in [3.8, 4) is 0 Å². The van der Waals surface area contributed by atoms with Crippen LogP contribution in [-0.2, 0) is 6.54 Å². The summed E-state index contributed by atoms with van der Waals surface area (Å²) in [5, 5.41) is 2.31. The van der Waals surface area contributed by atoms with Gasteiger partial charge >= 0.3 is 0 Å². The summed E-state index contributed by atoms with van der Waals surface area (Å²) in [6, 6.07) is 8.07. The van der Waals surface area contributed by atoms with Gasteiger partial charge in [0.05, 0.1) is 19.1 Å². The first kappa shape index (κ1) is 14.9. The second kappa shape index (κ2) is 7.95. The molecule has 2 heterocycles. The van der Waals surface area contributed by atoms with Crippen molar-refractivity contribution < 1.29 is 14.2 Å². The topological polar surface area (TPSA) is 42.9 Å². The van der Waals surface area contributed by atoms with Gasteiger partial charge in [-0.25, -0.2) is 0 Å². The maximum absolute atomic E-state index is 5.60. The van der Waals surface area contributed by atoms with Crippen LogP contribution >= 0.6 is 0 Å². The monoisotopic (exact) mass is 276 g/mol. The van der Waals surface area contributed by atoms with Crippen LogP contribution in [0.4, 0.5) is 0 Å². The molecule has 0 saturated carbocycles. The minimum atomic E-state index is 0.542. The Bertz CT molecular complexity index is 445. The van der Waals surface area contributed by atoms with Gasteiger partial charge in [0.2, 0.25) is 0 Å². The van der Waals surface area contributed by atoms with Crippen molar-refractivity contribution in [1.82, 2.24) is 0 Å². The van der Waals surface area contributed by atoms with Gasteiger partial charge in [0, 0.05) is 12.3 Å². The lowest BCUT2D eigenvalue weighted by Crippen LogP contribution is -2.82. The number of hydrogen-bond acceptors (Lipinski definition) is 2. The van der Waals surface area contributed by atoms with Crippen LogP contribution in [0.15, 0.2) is 45.6 Å². The molecular formula is C17H26NO2+. The second-order valence-corrected chi connectivity index (χ2v) is 5.83. The van der Waals surface area contributed by atoms with Crippen molar-refractivity contribution in [2.75, 3.05) is 6.54 Å². The van der Waals surface area contributed by atoms with Crippen molar-refractivity contribution in [3.05, 3.63) is 48.3 Å². The molecule has 0 bridgehead atoms. The first-order valence-corrected chi connectivity index (χ1v) is 7.63. The van der Waals surface area contributed by atoms with E-state index in [1.54, 1.807) is 12.5 Å². The highest BCUT2D eigenvalue weighted by Crippen LogP contribution is 2.26. The smallest absolute Gasteiger partial charge is 0.157 e. The number of nitrogens with two attached hydrogens (primary N) is 1. The number of furan rings is 2. The Balaban J connectivity index is 1.75. The van der Waals surface area contributed by atoms with Crippen molar-refractivity contribution in [2.24, 2.45) is 5.92 Å². The zero-order chi connectivity index (χ0) is 14.2. The molecule has 3 nitrogen and oxygen atoms in total. The zero-order valence-corrected chi connectivity index (χ0v) is 12.5. The predicted molar refractivity (Wildman–Crippen MR) is 79.3 cm³/mol. The van der Waals surface area contributed by atoms with E-state index in [0.29, 0.717) is 5.92 Å². The molecule has 0 unspecified atom stereocenters. The highest BCUT2D eigenvalue weighted by Gasteiger charge is 2.15. The third kappa shape index (κ3) is 4.89. The van der Waals surface area contributed by atoms with Gasteiger partial charge < -0.3 is 14.2 Å². The molecule has 0 fully saturated rings. The molecule has 20 heavy (non-hydrogen) atoms. The van der Waals surface area contributed by atoms with Crippen LogP contribution in [0.2, 0.25) is 0 Å². The van der Waals surface area contributed by atoms with Gasteiger partial charge in [0.25, 0.3) is 0 Å². The largest absolute Gasteiger partial charge is 0.469 e. The molecule has 110 valence electrons. The van der Waals surface area contributed by atoms with Crippen LogP contribution in [0.25, 0.3) is 0 Å². The summed E-state index contributed by atoms with van der Waals surface area (Å²) in [6.07, 6.45) is 7.13. The predicted octanol–water partition coefficient (Wildman–Crippen LogP) is 3.55. The fraction of sp³-hybridized carbons (Fsp3) is 0.529. The van der Waals surface area contributed by atoms with Crippen LogP contribution in [0, 0.1) is 5.92 Å². The van der Waals surface area contributed by atoms with Gasteiger partial charge in [-0.2, -0.15) is 0 Å². The van der Waals surface area contributed by atoms with Crippen LogP contribution in [0.3, 0.4) is 0 Å². The maximum atomic E-state index is 5.60. The van der Waals surface area contributed by atoms with Gasteiger partial charge in [-0.05, 0) is 36.6 Å². The van der Waals surface area contributed by atoms with Crippen LogP contribution < -0.4 is 5.32 Å². The Hall–Kier alpha value is -1.48. The summed E-state index contributed by atoms with van der Waals surface area (Å²) in [5.74, 6) is 3.47. The molecular weight excluding hydrogens is 250 g/mol. The molecule has 0 amide bonds. The Kier molecular flexibility index (Phi) is 5.93. The first-order chi connectivity index (χ1) is 9.75. The van der Waals surface area contributed by atoms with Gasteiger partial charge in [-0.1, -0.05) is 20.3 Å². The molecule has 3 heteroatoms. The zero-order valence-electron chi connectivity index (χ0n) is 12.5. The molecule has 1 atom stereocenters. The molecule has 0 aromatic carbocycles. The summed E-state index contributed by atoms with van der Waals surface area (Å²) in [7, 11) is 0. The summed E-state index contributed by atoms with van der Waals surface area (Å²) in [5.41, 5.74) is 0. The third-order valence-corrected chi connectivity index (χ3v) is 3.68. The van der Waals surface area contributed by atoms with E-state index in [1.807, 2.05) is 18.2 Å². The Morgan fingerprint density at radius 2 is 1.80 bits per heavy atom. The van der Waals surface area contributed by atoms with Crippen molar-refractivity contribution in [2.45, 2.75) is 45.6 Å². The molecule has 0 aliphatic rings. The lowest BCUT2D eigenvalue weighted by atomic mass is 9.93. The molecule has 0 aliphatic carbocycles. The van der Waals surface area contributed by atoms with E-state index in [-0.39, 0.29) is 0 Å². The van der Waals surface area contributed by atoms with Crippen molar-refractivity contribution >= 4 is 0 Å². The molecule has 0 radical (unpaired) electrons. The third-order valence-electron chi connectivity index (χ3n) is 3.68. The number of hydrogen-bond donors (Lipinski definition) is 1. The van der Waals surface area contributed by atoms with E-state index in [9.17, 15) is 0 Å². The highest BCUT2D eigenvalue weighted by atomic mass is 16.3. The minimum Gasteiger partial charge on any atom is -0.469 e. The molecule has 0 aliphatic heterocycles. The molecule has 0 spiro atoms. The summed E-state index contributed by atoms with van der Waals surface area (Å²) < 4.78 is 10.9. The average Bonchev–Trinajstić information content (AvgIpc) is 3.10. The lowest BCUT2D eigenvalue weighted by molar-refractivity contribution is -0.672. The Labute approximate surface area is 121 Å². The fourth-order valence-corrected chi connectivity index (χ4v) is 2.48. The maximum Gasteiger partial charge on any atom is 0.157 e. The standard InChI is InChI=1S/C17H25NO2/c1-14(2)7-8-15(17-6-4-12-20-17)9-10-18-13-16-5-3-11-19-16/h3-6,11-12,14-15,18H,7-10,13H2,1-2H3/p+1/t15-/m1/s1. The van der Waals surface area contributed by atoms with Crippen LogP contribution in [0.5, 0.6) is 0 Å². The Morgan fingerprint density at radius 1 is 1.00 bits per heavy atom. The quantitative estimate of drug-likeness (QED) is 0.712. The highest BCUT2D eigenvalue weighted by molar-refractivity contribution is 5.05. The molecule has 2 aromatic rings. The van der Waals surface area contributed by atoms with Crippen molar-refractivity contribution in [1.29, 1.82) is 0 Å². The van der Waals surface area contributed by atoms with E-state index < -0.39 is 0 Å². The summed E-state index contributed by atoms with van der Waals surface area (Å²) in [6.45, 7) is 6.58. The van der Waals surface area contributed by atoms with Crippen LogP contribution in [0.1, 0.15) is 50.5 Å². The van der Waals surface area contributed by atoms with Crippen LogP contribution in [-0.4, -0.2) is 6.54 Å². The summed E-state index contributed by atoms with van der Waals surface area (Å²) in [4.78, 5) is 0. The minimum absolute atomic E-state index is 0.542. The SMILES string of the molecule is CC(C)CC[C@H](CC[NH2+]Cc1ccco1)c1ccco1. The van der Waals surface area contributed by atoms with E-state index in [1.165, 1.54) is 12.8 Å². The first-order valence-electron chi connectivity index (χ1n) is 7.63. The summed E-state index contributed by atoms with van der Waals surface area (Å²) >= 11 is 0. The number of rotatable bonds is 9. The van der Waals surface area contributed by atoms with E-state index in [4.69, 9.17) is 8.83 Å². The molecule has 2 N–H and O–H groups in total. The van der Waals surface area contributed by atoms with Gasteiger partial charge in [-0.15, -0.1) is 0 Å². The van der Waals surface area contributed by atoms with Crippen molar-refractivity contribution in [3.63, 3.8) is 0 Å². The normalized spacial score (nSPS) is 12.9. The second-order valence-electron chi connectivity index (χ2n) is 5.83. The average molecular weight is 276 g/mol. The molecule has 0 saturated heterocycles. The molecule has 2 rings (SSSR count). The van der Waals surface area contributed by atoms with Gasteiger partial charge in [0.1, 0.15) is 12.3 Å². The molecule has 2 aromatic heterocycles. The van der Waals surface area contributed by atoms with Gasteiger partial charge in [-0.3, -0.25) is 0 Å². The van der Waals surface area contributed by atoms with Gasteiger partial charge in [0.15, 0.2) is 5.76 Å². The lowest BCUT2D eigenvalue weighted by Gasteiger charge is -2.15. The fourth-order valence-electron chi connectivity index (χ4n) is 2.48. The van der Waals surface area contributed by atoms with E-state index in [2.05, 4.69) is 25.2 Å². The van der Waals surface area contributed by atoms with E-state index in [0.717, 1.165) is 36.9 Å².